The second kappa shape index (κ2) is 5.47. The molecule has 7 heteroatoms. The minimum absolute atomic E-state index is 0.0746. The lowest BCUT2D eigenvalue weighted by molar-refractivity contribution is -0.384. The number of carbonyl (C=O) groups excluding carboxylic acids is 3. The van der Waals surface area contributed by atoms with Gasteiger partial charge in [-0.25, -0.2) is 0 Å². The standard InChI is InChI=1S/C17H11NO6/c19-14(10-5-7-11(8-6-10)18(23)24)9-17(22)15(20)12-3-1-2-4-13(12)16(17)21/h1-8,22H,9H2. The molecular formula is C17H11NO6. The van der Waals surface area contributed by atoms with E-state index >= 15 is 0 Å². The summed E-state index contributed by atoms with van der Waals surface area (Å²) < 4.78 is 0. The zero-order chi connectivity index (χ0) is 17.5. The number of rotatable bonds is 4. The van der Waals surface area contributed by atoms with Crippen molar-refractivity contribution in [1.82, 2.24) is 0 Å². The number of nitro benzene ring substituents is 1. The van der Waals surface area contributed by atoms with Crippen LogP contribution in [0, 0.1) is 10.1 Å². The minimum atomic E-state index is -2.43. The molecule has 1 aliphatic rings. The molecule has 24 heavy (non-hydrogen) atoms. The average molecular weight is 325 g/mol. The molecule has 0 bridgehead atoms. The molecule has 0 atom stereocenters. The van der Waals surface area contributed by atoms with E-state index in [1.165, 1.54) is 24.3 Å². The van der Waals surface area contributed by atoms with Crippen molar-refractivity contribution in [3.63, 3.8) is 0 Å². The summed E-state index contributed by atoms with van der Waals surface area (Å²) in [5, 5.41) is 21.1. The summed E-state index contributed by atoms with van der Waals surface area (Å²) in [6, 6.07) is 10.7. The third-order valence-electron chi connectivity index (χ3n) is 3.98. The van der Waals surface area contributed by atoms with Crippen LogP contribution < -0.4 is 0 Å². The van der Waals surface area contributed by atoms with Crippen molar-refractivity contribution in [2.45, 2.75) is 12.0 Å². The van der Waals surface area contributed by atoms with Crippen molar-refractivity contribution in [2.75, 3.05) is 0 Å². The number of benzene rings is 2. The lowest BCUT2D eigenvalue weighted by Crippen LogP contribution is -2.43. The predicted molar refractivity (Wildman–Crippen MR) is 82.1 cm³/mol. The molecule has 0 heterocycles. The molecule has 0 unspecified atom stereocenters. The number of carbonyl (C=O) groups is 3. The molecule has 1 aliphatic carbocycles. The predicted octanol–water partition coefficient (Wildman–Crippen LogP) is 1.98. The maximum atomic E-state index is 12.3. The van der Waals surface area contributed by atoms with Crippen LogP contribution in [0.3, 0.4) is 0 Å². The van der Waals surface area contributed by atoms with E-state index in [2.05, 4.69) is 0 Å². The quantitative estimate of drug-likeness (QED) is 0.398. The van der Waals surface area contributed by atoms with Crippen LogP contribution in [0.5, 0.6) is 0 Å². The first-order chi connectivity index (χ1) is 11.3. The summed E-state index contributed by atoms with van der Waals surface area (Å²) in [5.74, 6) is -2.27. The van der Waals surface area contributed by atoms with Gasteiger partial charge in [-0.3, -0.25) is 24.5 Å². The van der Waals surface area contributed by atoms with Crippen LogP contribution in [0.25, 0.3) is 0 Å². The first-order valence-electron chi connectivity index (χ1n) is 7.03. The molecule has 0 fully saturated rings. The zero-order valence-corrected chi connectivity index (χ0v) is 12.3. The molecule has 3 rings (SSSR count). The topological polar surface area (TPSA) is 115 Å². The Morgan fingerprint density at radius 2 is 1.50 bits per heavy atom. The number of non-ortho nitro benzene ring substituents is 1. The van der Waals surface area contributed by atoms with Gasteiger partial charge in [0.05, 0.1) is 11.3 Å². The Morgan fingerprint density at radius 1 is 1.00 bits per heavy atom. The minimum Gasteiger partial charge on any atom is -0.374 e. The molecule has 120 valence electrons. The van der Waals surface area contributed by atoms with E-state index in [-0.39, 0.29) is 22.4 Å². The van der Waals surface area contributed by atoms with Gasteiger partial charge in [0.2, 0.25) is 11.6 Å². The van der Waals surface area contributed by atoms with Crippen molar-refractivity contribution in [3.05, 3.63) is 75.3 Å². The Labute approximate surface area is 135 Å². The lowest BCUT2D eigenvalue weighted by Gasteiger charge is -2.17. The van der Waals surface area contributed by atoms with E-state index in [1.54, 1.807) is 12.1 Å². The third kappa shape index (κ3) is 2.31. The van der Waals surface area contributed by atoms with Crippen LogP contribution in [0.2, 0.25) is 0 Å². The highest BCUT2D eigenvalue weighted by Crippen LogP contribution is 2.33. The van der Waals surface area contributed by atoms with Crippen molar-refractivity contribution in [3.8, 4) is 0 Å². The van der Waals surface area contributed by atoms with E-state index in [1.807, 2.05) is 0 Å². The number of fused-ring (bicyclic) bond motifs is 1. The molecule has 0 aromatic heterocycles. The van der Waals surface area contributed by atoms with Crippen LogP contribution in [0.15, 0.2) is 48.5 Å². The van der Waals surface area contributed by atoms with Crippen LogP contribution in [0.1, 0.15) is 37.5 Å². The monoisotopic (exact) mass is 325 g/mol. The van der Waals surface area contributed by atoms with Gasteiger partial charge in [-0.2, -0.15) is 0 Å². The normalized spacial score (nSPS) is 15.2. The number of nitrogens with zero attached hydrogens (tertiary/aromatic N) is 1. The van der Waals surface area contributed by atoms with Gasteiger partial charge in [-0.15, -0.1) is 0 Å². The first kappa shape index (κ1) is 15.7. The van der Waals surface area contributed by atoms with Crippen LogP contribution in [-0.2, 0) is 0 Å². The molecular weight excluding hydrogens is 314 g/mol. The number of hydrogen-bond donors (Lipinski definition) is 1. The summed E-state index contributed by atoms with van der Waals surface area (Å²) in [6.45, 7) is 0. The number of ketones is 3. The summed E-state index contributed by atoms with van der Waals surface area (Å²) in [4.78, 5) is 47.0. The van der Waals surface area contributed by atoms with E-state index < -0.39 is 34.3 Å². The molecule has 1 N–H and O–H groups in total. The molecule has 0 radical (unpaired) electrons. The molecule has 0 aliphatic heterocycles. The van der Waals surface area contributed by atoms with Crippen molar-refractivity contribution in [1.29, 1.82) is 0 Å². The van der Waals surface area contributed by atoms with E-state index in [0.29, 0.717) is 0 Å². The van der Waals surface area contributed by atoms with Crippen molar-refractivity contribution >= 4 is 23.0 Å². The Hall–Kier alpha value is -3.19. The fourth-order valence-corrected chi connectivity index (χ4v) is 2.69. The SMILES string of the molecule is O=C(CC1(O)C(=O)c2ccccc2C1=O)c1ccc([N+](=O)[O-])cc1. The van der Waals surface area contributed by atoms with Gasteiger partial charge in [-0.1, -0.05) is 24.3 Å². The summed E-state index contributed by atoms with van der Waals surface area (Å²) >= 11 is 0. The number of Topliss-reactive ketones (excluding diaryl/α,β-unsaturated/α-hetero) is 3. The molecule has 0 saturated heterocycles. The Morgan fingerprint density at radius 3 is 1.96 bits per heavy atom. The molecule has 0 saturated carbocycles. The Balaban J connectivity index is 1.88. The summed E-state index contributed by atoms with van der Waals surface area (Å²) in [7, 11) is 0. The fraction of sp³-hybridized carbons (Fsp3) is 0.118. The lowest BCUT2D eigenvalue weighted by atomic mass is 9.89. The Bertz CT molecular complexity index is 849. The highest BCUT2D eigenvalue weighted by atomic mass is 16.6. The first-order valence-corrected chi connectivity index (χ1v) is 7.03. The second-order valence-electron chi connectivity index (χ2n) is 5.47. The third-order valence-corrected chi connectivity index (χ3v) is 3.98. The van der Waals surface area contributed by atoms with Gasteiger partial charge in [0.1, 0.15) is 0 Å². The van der Waals surface area contributed by atoms with Gasteiger partial charge in [0, 0.05) is 28.8 Å². The van der Waals surface area contributed by atoms with Gasteiger partial charge in [0.25, 0.3) is 5.69 Å². The molecule has 2 aromatic rings. The fourth-order valence-electron chi connectivity index (χ4n) is 2.69. The molecule has 0 amide bonds. The highest BCUT2D eigenvalue weighted by molar-refractivity contribution is 6.33. The highest BCUT2D eigenvalue weighted by Gasteiger charge is 2.52. The van der Waals surface area contributed by atoms with Gasteiger partial charge in [-0.05, 0) is 12.1 Å². The van der Waals surface area contributed by atoms with E-state index in [0.717, 1.165) is 12.1 Å². The second-order valence-corrected chi connectivity index (χ2v) is 5.47. The van der Waals surface area contributed by atoms with Crippen LogP contribution >= 0.6 is 0 Å². The smallest absolute Gasteiger partial charge is 0.269 e. The van der Waals surface area contributed by atoms with Gasteiger partial charge < -0.3 is 5.11 Å². The van der Waals surface area contributed by atoms with E-state index in [9.17, 15) is 29.6 Å². The van der Waals surface area contributed by atoms with Gasteiger partial charge in [0.15, 0.2) is 11.4 Å². The van der Waals surface area contributed by atoms with Crippen molar-refractivity contribution in [2.24, 2.45) is 0 Å². The van der Waals surface area contributed by atoms with Crippen LogP contribution in [-0.4, -0.2) is 33.0 Å². The molecule has 0 spiro atoms. The summed E-state index contributed by atoms with van der Waals surface area (Å²) in [6.07, 6.45) is -0.711. The van der Waals surface area contributed by atoms with E-state index in [4.69, 9.17) is 0 Å². The Kier molecular flexibility index (Phi) is 3.57. The number of aliphatic hydroxyl groups is 1. The molecule has 2 aromatic carbocycles. The maximum Gasteiger partial charge on any atom is 0.269 e. The van der Waals surface area contributed by atoms with Gasteiger partial charge >= 0.3 is 0 Å². The number of nitro groups is 1. The van der Waals surface area contributed by atoms with Crippen molar-refractivity contribution < 1.29 is 24.4 Å². The maximum absolute atomic E-state index is 12.3. The van der Waals surface area contributed by atoms with Crippen LogP contribution in [0.4, 0.5) is 5.69 Å². The summed E-state index contributed by atoms with van der Waals surface area (Å²) in [5.41, 5.74) is -2.37. The number of hydrogen-bond acceptors (Lipinski definition) is 6. The largest absolute Gasteiger partial charge is 0.374 e. The molecule has 7 nitrogen and oxygen atoms in total. The average Bonchev–Trinajstić information content (AvgIpc) is 2.77. The zero-order valence-electron chi connectivity index (χ0n) is 12.3.